The van der Waals surface area contributed by atoms with E-state index in [4.69, 9.17) is 0 Å². The van der Waals surface area contributed by atoms with E-state index in [0.717, 1.165) is 32.1 Å². The summed E-state index contributed by atoms with van der Waals surface area (Å²) in [6.07, 6.45) is 4.42. The van der Waals surface area contributed by atoms with Crippen molar-refractivity contribution in [3.63, 3.8) is 0 Å². The van der Waals surface area contributed by atoms with Crippen molar-refractivity contribution in [3.8, 4) is 0 Å². The van der Waals surface area contributed by atoms with E-state index in [0.29, 0.717) is 25.7 Å². The fraction of sp³-hybridized carbons (Fsp3) is 1.00. The van der Waals surface area contributed by atoms with Crippen molar-refractivity contribution < 1.29 is 72.2 Å². The Labute approximate surface area is 250 Å². The van der Waals surface area contributed by atoms with E-state index in [2.05, 4.69) is 25.0 Å². The molecule has 4 saturated carbocycles. The summed E-state index contributed by atoms with van der Waals surface area (Å²) >= 11 is 0. The summed E-state index contributed by atoms with van der Waals surface area (Å²) in [7, 11) is -4.90. The van der Waals surface area contributed by atoms with E-state index in [1.54, 1.807) is 0 Å². The largest absolute Gasteiger partial charge is 1.00 e. The first-order valence-electron chi connectivity index (χ1n) is 14.2. The molecule has 9 nitrogen and oxygen atoms in total. The predicted molar refractivity (Wildman–Crippen MR) is 135 cm³/mol. The molecule has 38 heavy (non-hydrogen) atoms. The Morgan fingerprint density at radius 3 is 2.34 bits per heavy atom. The van der Waals surface area contributed by atoms with Crippen LogP contribution in [0.2, 0.25) is 0 Å². The van der Waals surface area contributed by atoms with Crippen molar-refractivity contribution in [3.05, 3.63) is 0 Å². The van der Waals surface area contributed by atoms with Gasteiger partial charge in [-0.3, -0.25) is 4.18 Å². The Morgan fingerprint density at radius 2 is 1.71 bits per heavy atom. The first kappa shape index (κ1) is 33.2. The summed E-state index contributed by atoms with van der Waals surface area (Å²) in [6, 6.07) is 0. The third kappa shape index (κ3) is 6.21. The van der Waals surface area contributed by atoms with Crippen LogP contribution in [-0.2, 0) is 14.6 Å². The molecule has 0 amide bonds. The standard InChI is InChI=1S/C27H48O9S.Na/c1-15(4-7-22(30)16(13-28)14-36-37(33,34)35)19-5-6-20-25-21(12-24(32)27(19,20)3)26(2)9-8-18(29)10-17(26)11-23(25)31;/h15-25,28-32H,4-14H2,1-3H3,(H,33,34,35);/q;+1/p-1/t15-,16?,17+,18-,19-,20+,21+,22?,23-,24+,25+,26+,27-;/m1./s1. The number of fused-ring (bicyclic) bond motifs is 5. The SMILES string of the molecule is C[C@H](CCC(O)C(CO)COS(=O)(=O)[O-])[C@H]1CC[C@H]2[C@@H]3[C@H](O)C[C@@H]4C[C@H](O)CC[C@]4(C)[C@H]3C[C@H](O)[C@]12C.[Na+]. The van der Waals surface area contributed by atoms with Crippen molar-refractivity contribution in [2.75, 3.05) is 13.2 Å². The van der Waals surface area contributed by atoms with Crippen LogP contribution in [0.1, 0.15) is 78.6 Å². The van der Waals surface area contributed by atoms with Crippen LogP contribution in [0.25, 0.3) is 0 Å². The zero-order valence-electron chi connectivity index (χ0n) is 23.4. The maximum atomic E-state index is 11.7. The second kappa shape index (κ2) is 12.5. The van der Waals surface area contributed by atoms with Gasteiger partial charge in [0.25, 0.3) is 0 Å². The Kier molecular flexibility index (Phi) is 10.9. The second-order valence-electron chi connectivity index (χ2n) is 13.3. The number of aliphatic hydroxyl groups excluding tert-OH is 5. The van der Waals surface area contributed by atoms with Crippen LogP contribution in [-0.4, -0.2) is 76.1 Å². The quantitative estimate of drug-likeness (QED) is 0.130. The van der Waals surface area contributed by atoms with Crippen LogP contribution in [0.3, 0.4) is 0 Å². The van der Waals surface area contributed by atoms with E-state index >= 15 is 0 Å². The van der Waals surface area contributed by atoms with Gasteiger partial charge in [0.2, 0.25) is 10.4 Å². The Bertz CT molecular complexity index is 905. The third-order valence-corrected chi connectivity index (χ3v) is 12.1. The molecule has 2 unspecified atom stereocenters. The first-order chi connectivity index (χ1) is 17.2. The molecule has 4 aliphatic carbocycles. The second-order valence-corrected chi connectivity index (χ2v) is 14.3. The summed E-state index contributed by atoms with van der Waals surface area (Å²) in [5.74, 6) is 0.355. The molecule has 0 heterocycles. The van der Waals surface area contributed by atoms with E-state index < -0.39 is 47.8 Å². The van der Waals surface area contributed by atoms with Crippen LogP contribution in [0.4, 0.5) is 0 Å². The molecule has 0 aromatic rings. The summed E-state index contributed by atoms with van der Waals surface area (Å²) in [5.41, 5.74) is -0.321. The van der Waals surface area contributed by atoms with Crippen molar-refractivity contribution in [1.82, 2.24) is 0 Å². The van der Waals surface area contributed by atoms with Crippen LogP contribution in [0.15, 0.2) is 0 Å². The molecule has 4 rings (SSSR count). The maximum Gasteiger partial charge on any atom is 1.00 e. The molecule has 0 radical (unpaired) electrons. The van der Waals surface area contributed by atoms with Gasteiger partial charge < -0.3 is 30.1 Å². The fourth-order valence-electron chi connectivity index (χ4n) is 9.46. The molecular weight excluding hydrogens is 523 g/mol. The zero-order valence-corrected chi connectivity index (χ0v) is 26.2. The van der Waals surface area contributed by atoms with Crippen LogP contribution in [0.5, 0.6) is 0 Å². The van der Waals surface area contributed by atoms with Crippen molar-refractivity contribution >= 4 is 10.4 Å². The molecule has 5 N–H and O–H groups in total. The van der Waals surface area contributed by atoms with Gasteiger partial charge in [-0.05, 0) is 104 Å². The molecule has 216 valence electrons. The topological polar surface area (TPSA) is 168 Å². The van der Waals surface area contributed by atoms with E-state index in [-0.39, 0.29) is 82.0 Å². The molecule has 0 bridgehead atoms. The van der Waals surface area contributed by atoms with Gasteiger partial charge >= 0.3 is 29.6 Å². The van der Waals surface area contributed by atoms with Crippen LogP contribution < -0.4 is 29.6 Å². The van der Waals surface area contributed by atoms with Crippen LogP contribution in [0, 0.1) is 52.3 Å². The minimum atomic E-state index is -4.90. The molecule has 0 aliphatic heterocycles. The predicted octanol–water partition coefficient (Wildman–Crippen LogP) is -1.19. The summed E-state index contributed by atoms with van der Waals surface area (Å²) in [4.78, 5) is 0. The normalized spacial score (nSPS) is 45.2. The molecule has 0 aromatic heterocycles. The van der Waals surface area contributed by atoms with Gasteiger partial charge in [0.1, 0.15) is 0 Å². The zero-order chi connectivity index (χ0) is 27.3. The van der Waals surface area contributed by atoms with Gasteiger partial charge in [-0.2, -0.15) is 0 Å². The van der Waals surface area contributed by atoms with E-state index in [1.165, 1.54) is 0 Å². The smallest absolute Gasteiger partial charge is 0.726 e. The summed E-state index contributed by atoms with van der Waals surface area (Å²) < 4.78 is 36.5. The minimum absolute atomic E-state index is 0. The van der Waals surface area contributed by atoms with Gasteiger partial charge in [0.15, 0.2) is 0 Å². The molecule has 0 aromatic carbocycles. The number of hydrogen-bond donors (Lipinski definition) is 5. The Balaban J connectivity index is 0.00000400. The first-order valence-corrected chi connectivity index (χ1v) is 15.5. The number of aliphatic hydroxyl groups is 5. The number of rotatable bonds is 9. The Morgan fingerprint density at radius 1 is 1.03 bits per heavy atom. The molecule has 0 saturated heterocycles. The molecule has 4 aliphatic rings. The van der Waals surface area contributed by atoms with Crippen molar-refractivity contribution in [1.29, 1.82) is 0 Å². The average Bonchev–Trinajstić information content (AvgIpc) is 3.17. The summed E-state index contributed by atoms with van der Waals surface area (Å²) in [5, 5.41) is 53.4. The summed E-state index contributed by atoms with van der Waals surface area (Å²) in [6.45, 7) is 5.56. The number of hydrogen-bond acceptors (Lipinski definition) is 9. The molecular formula is C27H47NaO9S. The Hall–Kier alpha value is 0.670. The van der Waals surface area contributed by atoms with Gasteiger partial charge in [-0.25, -0.2) is 8.42 Å². The van der Waals surface area contributed by atoms with Gasteiger partial charge in [-0.15, -0.1) is 0 Å². The van der Waals surface area contributed by atoms with Crippen molar-refractivity contribution in [2.24, 2.45) is 52.3 Å². The van der Waals surface area contributed by atoms with Crippen molar-refractivity contribution in [2.45, 2.75) is 103 Å². The van der Waals surface area contributed by atoms with E-state index in [9.17, 15) is 38.5 Å². The monoisotopic (exact) mass is 570 g/mol. The minimum Gasteiger partial charge on any atom is -0.726 e. The molecule has 0 spiro atoms. The van der Waals surface area contributed by atoms with Gasteiger partial charge in [0.05, 0.1) is 37.6 Å². The molecule has 11 heteroatoms. The average molecular weight is 571 g/mol. The van der Waals surface area contributed by atoms with Gasteiger partial charge in [-0.1, -0.05) is 20.8 Å². The molecule has 13 atom stereocenters. The van der Waals surface area contributed by atoms with Gasteiger partial charge in [0, 0.05) is 5.92 Å². The van der Waals surface area contributed by atoms with Crippen LogP contribution >= 0.6 is 0 Å². The fourth-order valence-corrected chi connectivity index (χ4v) is 9.80. The molecule has 4 fully saturated rings. The third-order valence-electron chi connectivity index (χ3n) is 11.6. The van der Waals surface area contributed by atoms with E-state index in [1.807, 2.05) is 0 Å². The maximum absolute atomic E-state index is 11.7.